The first-order valence-corrected chi connectivity index (χ1v) is 3.31. The predicted molar refractivity (Wildman–Crippen MR) is 45.4 cm³/mol. The van der Waals surface area contributed by atoms with Gasteiger partial charge in [-0.15, -0.1) is 24.0 Å². The van der Waals surface area contributed by atoms with Crippen molar-refractivity contribution in [2.45, 2.75) is 5.88 Å². The van der Waals surface area contributed by atoms with Crippen LogP contribution >= 0.6 is 24.0 Å². The summed E-state index contributed by atoms with van der Waals surface area (Å²) >= 11 is 5.50. The third-order valence-electron chi connectivity index (χ3n) is 1.01. The summed E-state index contributed by atoms with van der Waals surface area (Å²) in [6.07, 6.45) is 3.14. The summed E-state index contributed by atoms with van der Waals surface area (Å²) < 4.78 is 4.82. The van der Waals surface area contributed by atoms with E-state index in [1.807, 2.05) is 0 Å². The van der Waals surface area contributed by atoms with Gasteiger partial charge in [0.25, 0.3) is 0 Å². The van der Waals surface area contributed by atoms with Crippen LogP contribution in [0.25, 0.3) is 0 Å². The standard InChI is InChI=1S/C6H7ClN2O.ClH/c1-10-6-4-8-3-5(2-7)9-6;/h3-4H,2H2,1H3;1H. The lowest BCUT2D eigenvalue weighted by atomic mass is 10.5. The van der Waals surface area contributed by atoms with E-state index in [9.17, 15) is 0 Å². The molecular formula is C6H8Cl2N2O. The van der Waals surface area contributed by atoms with Crippen LogP contribution in [0.1, 0.15) is 5.69 Å². The van der Waals surface area contributed by atoms with Crippen LogP contribution in [0.3, 0.4) is 0 Å². The van der Waals surface area contributed by atoms with E-state index in [0.29, 0.717) is 11.8 Å². The predicted octanol–water partition coefficient (Wildman–Crippen LogP) is 1.65. The number of ether oxygens (including phenoxy) is 1. The summed E-state index contributed by atoms with van der Waals surface area (Å²) in [7, 11) is 1.54. The van der Waals surface area contributed by atoms with E-state index < -0.39 is 0 Å². The minimum Gasteiger partial charge on any atom is -0.480 e. The normalized spacial score (nSPS) is 8.55. The maximum atomic E-state index is 5.50. The van der Waals surface area contributed by atoms with Gasteiger partial charge in [0.2, 0.25) is 5.88 Å². The summed E-state index contributed by atoms with van der Waals surface area (Å²) in [4.78, 5) is 7.85. The minimum atomic E-state index is 0. The van der Waals surface area contributed by atoms with Gasteiger partial charge in [0.15, 0.2) is 0 Å². The average molecular weight is 195 g/mol. The van der Waals surface area contributed by atoms with E-state index in [4.69, 9.17) is 16.3 Å². The first-order valence-electron chi connectivity index (χ1n) is 2.77. The van der Waals surface area contributed by atoms with Gasteiger partial charge in [-0.3, -0.25) is 4.98 Å². The Morgan fingerprint density at radius 2 is 2.27 bits per heavy atom. The van der Waals surface area contributed by atoms with Crippen molar-refractivity contribution < 1.29 is 4.74 Å². The monoisotopic (exact) mass is 194 g/mol. The van der Waals surface area contributed by atoms with Gasteiger partial charge in [-0.2, -0.15) is 0 Å². The van der Waals surface area contributed by atoms with Gasteiger partial charge in [0, 0.05) is 6.20 Å². The lowest BCUT2D eigenvalue weighted by Gasteiger charge is -1.97. The average Bonchev–Trinajstić information content (AvgIpc) is 2.05. The fourth-order valence-corrected chi connectivity index (χ4v) is 0.678. The Morgan fingerprint density at radius 1 is 1.55 bits per heavy atom. The summed E-state index contributed by atoms with van der Waals surface area (Å²) in [6, 6.07) is 0. The Bertz CT molecular complexity index is 200. The van der Waals surface area contributed by atoms with Crippen molar-refractivity contribution in [3.63, 3.8) is 0 Å². The van der Waals surface area contributed by atoms with Crippen molar-refractivity contribution in [3.05, 3.63) is 18.1 Å². The number of hydrogen-bond donors (Lipinski definition) is 0. The van der Waals surface area contributed by atoms with Gasteiger partial charge in [-0.05, 0) is 0 Å². The molecule has 1 aromatic heterocycles. The molecule has 0 spiro atoms. The second-order valence-corrected chi connectivity index (χ2v) is 1.95. The molecule has 1 heterocycles. The molecule has 0 amide bonds. The highest BCUT2D eigenvalue weighted by molar-refractivity contribution is 6.16. The smallest absolute Gasteiger partial charge is 0.232 e. The molecule has 0 aliphatic heterocycles. The molecule has 0 aliphatic rings. The van der Waals surface area contributed by atoms with Crippen LogP contribution in [0.15, 0.2) is 12.4 Å². The molecule has 0 unspecified atom stereocenters. The lowest BCUT2D eigenvalue weighted by Crippen LogP contribution is -1.92. The Morgan fingerprint density at radius 3 is 2.82 bits per heavy atom. The van der Waals surface area contributed by atoms with E-state index in [0.717, 1.165) is 5.69 Å². The fraction of sp³-hybridized carbons (Fsp3) is 0.333. The van der Waals surface area contributed by atoms with E-state index in [2.05, 4.69) is 9.97 Å². The van der Waals surface area contributed by atoms with E-state index in [-0.39, 0.29) is 12.4 Å². The number of halogens is 2. The molecule has 0 saturated carbocycles. The molecular weight excluding hydrogens is 187 g/mol. The van der Waals surface area contributed by atoms with Crippen molar-refractivity contribution in [2.75, 3.05) is 7.11 Å². The molecule has 0 N–H and O–H groups in total. The van der Waals surface area contributed by atoms with Crippen LogP contribution in [0.4, 0.5) is 0 Å². The molecule has 0 fully saturated rings. The zero-order valence-corrected chi connectivity index (χ0v) is 7.52. The molecule has 0 aromatic carbocycles. The van der Waals surface area contributed by atoms with Gasteiger partial charge in [0.05, 0.1) is 24.9 Å². The van der Waals surface area contributed by atoms with E-state index in [1.54, 1.807) is 13.3 Å². The SMILES string of the molecule is COc1cncc(CCl)n1.Cl. The Balaban J connectivity index is 0.000001000. The third kappa shape index (κ3) is 2.91. The molecule has 5 heteroatoms. The van der Waals surface area contributed by atoms with Crippen LogP contribution < -0.4 is 4.74 Å². The largest absolute Gasteiger partial charge is 0.480 e. The minimum absolute atomic E-state index is 0. The topological polar surface area (TPSA) is 35.0 Å². The molecule has 1 rings (SSSR count). The number of nitrogens with zero attached hydrogens (tertiary/aromatic N) is 2. The molecule has 62 valence electrons. The van der Waals surface area contributed by atoms with Crippen molar-refractivity contribution in [2.24, 2.45) is 0 Å². The van der Waals surface area contributed by atoms with Crippen LogP contribution in [0.2, 0.25) is 0 Å². The molecule has 0 aliphatic carbocycles. The van der Waals surface area contributed by atoms with E-state index >= 15 is 0 Å². The van der Waals surface area contributed by atoms with Gasteiger partial charge < -0.3 is 4.74 Å². The van der Waals surface area contributed by atoms with Crippen molar-refractivity contribution in [1.82, 2.24) is 9.97 Å². The van der Waals surface area contributed by atoms with Crippen molar-refractivity contribution in [3.8, 4) is 5.88 Å². The van der Waals surface area contributed by atoms with Crippen molar-refractivity contribution >= 4 is 24.0 Å². The summed E-state index contributed by atoms with van der Waals surface area (Å²) in [6.45, 7) is 0. The Hall–Kier alpha value is -0.540. The Labute approximate surface area is 76.2 Å². The maximum absolute atomic E-state index is 5.50. The first-order chi connectivity index (χ1) is 4.86. The molecule has 0 bridgehead atoms. The zero-order valence-electron chi connectivity index (χ0n) is 5.95. The van der Waals surface area contributed by atoms with Crippen LogP contribution in [-0.4, -0.2) is 17.1 Å². The highest BCUT2D eigenvalue weighted by Crippen LogP contribution is 2.04. The van der Waals surface area contributed by atoms with Gasteiger partial charge in [-0.25, -0.2) is 4.98 Å². The number of alkyl halides is 1. The molecule has 0 radical (unpaired) electrons. The number of aromatic nitrogens is 2. The summed E-state index contributed by atoms with van der Waals surface area (Å²) in [5, 5.41) is 0. The quantitative estimate of drug-likeness (QED) is 0.673. The number of hydrogen-bond acceptors (Lipinski definition) is 3. The highest BCUT2D eigenvalue weighted by atomic mass is 35.5. The van der Waals surface area contributed by atoms with Gasteiger partial charge in [0.1, 0.15) is 0 Å². The van der Waals surface area contributed by atoms with Crippen LogP contribution in [0.5, 0.6) is 5.88 Å². The molecule has 3 nitrogen and oxygen atoms in total. The second kappa shape index (κ2) is 5.16. The maximum Gasteiger partial charge on any atom is 0.232 e. The summed E-state index contributed by atoms with van der Waals surface area (Å²) in [5.74, 6) is 0.864. The lowest BCUT2D eigenvalue weighted by molar-refractivity contribution is 0.394. The molecule has 11 heavy (non-hydrogen) atoms. The van der Waals surface area contributed by atoms with Gasteiger partial charge >= 0.3 is 0 Å². The number of methoxy groups -OCH3 is 1. The zero-order chi connectivity index (χ0) is 7.40. The van der Waals surface area contributed by atoms with E-state index in [1.165, 1.54) is 6.20 Å². The molecule has 0 atom stereocenters. The highest BCUT2D eigenvalue weighted by Gasteiger charge is 1.94. The third-order valence-corrected chi connectivity index (χ3v) is 1.28. The van der Waals surface area contributed by atoms with Crippen LogP contribution in [0, 0.1) is 0 Å². The van der Waals surface area contributed by atoms with Gasteiger partial charge in [-0.1, -0.05) is 0 Å². The van der Waals surface area contributed by atoms with Crippen LogP contribution in [-0.2, 0) is 5.88 Å². The molecule has 0 saturated heterocycles. The first kappa shape index (κ1) is 10.5. The Kier molecular flexibility index (Phi) is 4.90. The molecule has 1 aromatic rings. The fourth-order valence-electron chi connectivity index (χ4n) is 0.549. The van der Waals surface area contributed by atoms with Crippen molar-refractivity contribution in [1.29, 1.82) is 0 Å². The number of rotatable bonds is 2. The summed E-state index contributed by atoms with van der Waals surface area (Å²) in [5.41, 5.74) is 0.723. The second-order valence-electron chi connectivity index (χ2n) is 1.69.